The molecule has 0 saturated carbocycles. The van der Waals surface area contributed by atoms with Crippen molar-refractivity contribution in [2.75, 3.05) is 13.2 Å². The molecule has 0 unspecified atom stereocenters. The first kappa shape index (κ1) is 12.7. The number of aliphatic hydroxyl groups excluding tert-OH is 2. The molecule has 15 heavy (non-hydrogen) atoms. The van der Waals surface area contributed by atoms with E-state index in [1.54, 1.807) is 4.68 Å². The van der Waals surface area contributed by atoms with Crippen molar-refractivity contribution in [2.45, 2.75) is 19.8 Å². The monoisotopic (exact) mass is 276 g/mol. The van der Waals surface area contributed by atoms with Gasteiger partial charge in [-0.15, -0.1) is 0 Å². The minimum Gasteiger partial charge on any atom is -0.396 e. The normalized spacial score (nSPS) is 11.3. The van der Waals surface area contributed by atoms with Crippen LogP contribution in [0.15, 0.2) is 4.47 Å². The molecule has 0 aliphatic heterocycles. The summed E-state index contributed by atoms with van der Waals surface area (Å²) in [5, 5.41) is 22.4. The summed E-state index contributed by atoms with van der Waals surface area (Å²) in [5.74, 6) is -0.110. The third-order valence-corrected chi connectivity index (χ3v) is 3.42. The van der Waals surface area contributed by atoms with Gasteiger partial charge in [0.2, 0.25) is 0 Å². The Labute approximate surface area is 98.0 Å². The maximum atomic E-state index is 9.03. The van der Waals surface area contributed by atoms with Crippen molar-refractivity contribution < 1.29 is 10.2 Å². The van der Waals surface area contributed by atoms with E-state index in [0.717, 1.165) is 22.3 Å². The Bertz CT molecular complexity index is 321. The zero-order chi connectivity index (χ0) is 11.4. The predicted octanol–water partition coefficient (Wildman–Crippen LogP) is 0.888. The van der Waals surface area contributed by atoms with Gasteiger partial charge in [0.05, 0.1) is 15.9 Å². The summed E-state index contributed by atoms with van der Waals surface area (Å²) in [7, 11) is 1.88. The Balaban J connectivity index is 2.88. The van der Waals surface area contributed by atoms with Crippen LogP contribution in [-0.2, 0) is 19.9 Å². The van der Waals surface area contributed by atoms with E-state index in [-0.39, 0.29) is 19.1 Å². The number of rotatable bonds is 5. The second-order valence-corrected chi connectivity index (χ2v) is 4.41. The molecule has 0 amide bonds. The van der Waals surface area contributed by atoms with Crippen molar-refractivity contribution in [2.24, 2.45) is 13.0 Å². The average Bonchev–Trinajstić information content (AvgIpc) is 2.51. The molecule has 1 aromatic rings. The summed E-state index contributed by atoms with van der Waals surface area (Å²) in [5.41, 5.74) is 2.04. The molecule has 86 valence electrons. The average molecular weight is 277 g/mol. The van der Waals surface area contributed by atoms with E-state index < -0.39 is 0 Å². The number of halogens is 1. The van der Waals surface area contributed by atoms with Gasteiger partial charge in [-0.25, -0.2) is 0 Å². The molecule has 1 aromatic heterocycles. The zero-order valence-corrected chi connectivity index (χ0v) is 10.7. The minimum atomic E-state index is -0.110. The molecule has 0 spiro atoms. The highest BCUT2D eigenvalue weighted by Crippen LogP contribution is 2.23. The lowest BCUT2D eigenvalue weighted by Crippen LogP contribution is -2.16. The van der Waals surface area contributed by atoms with E-state index in [9.17, 15) is 0 Å². The molecule has 0 saturated heterocycles. The van der Waals surface area contributed by atoms with Gasteiger partial charge in [0.1, 0.15) is 0 Å². The molecule has 0 aromatic carbocycles. The minimum absolute atomic E-state index is 0.00439. The molecule has 2 N–H and O–H groups in total. The fourth-order valence-corrected chi connectivity index (χ4v) is 2.28. The predicted molar refractivity (Wildman–Crippen MR) is 61.7 cm³/mol. The zero-order valence-electron chi connectivity index (χ0n) is 9.07. The fraction of sp³-hybridized carbons (Fsp3) is 0.700. The number of aryl methyl sites for hydroxylation is 2. The molecule has 0 radical (unpaired) electrons. The lowest BCUT2D eigenvalue weighted by Gasteiger charge is -2.11. The molecular formula is C10H17BrN2O2. The number of aliphatic hydroxyl groups is 2. The van der Waals surface area contributed by atoms with Crippen LogP contribution >= 0.6 is 15.9 Å². The van der Waals surface area contributed by atoms with Gasteiger partial charge in [-0.3, -0.25) is 4.68 Å². The molecule has 4 nitrogen and oxygen atoms in total. The molecule has 1 rings (SSSR count). The van der Waals surface area contributed by atoms with Gasteiger partial charge in [0, 0.05) is 26.2 Å². The van der Waals surface area contributed by atoms with Crippen molar-refractivity contribution in [3.05, 3.63) is 15.9 Å². The molecule has 1 heterocycles. The second-order valence-electron chi connectivity index (χ2n) is 3.62. The topological polar surface area (TPSA) is 58.3 Å². The first-order valence-corrected chi connectivity index (χ1v) is 5.85. The van der Waals surface area contributed by atoms with Crippen molar-refractivity contribution in [1.82, 2.24) is 9.78 Å². The van der Waals surface area contributed by atoms with Gasteiger partial charge >= 0.3 is 0 Å². The fourth-order valence-electron chi connectivity index (χ4n) is 1.50. The van der Waals surface area contributed by atoms with Crippen molar-refractivity contribution in [1.29, 1.82) is 0 Å². The molecule has 0 fully saturated rings. The van der Waals surface area contributed by atoms with Gasteiger partial charge in [0.15, 0.2) is 0 Å². The Morgan fingerprint density at radius 2 is 2.00 bits per heavy atom. The molecule has 0 atom stereocenters. The SMILES string of the molecule is CCc1nn(C)c(CC(CO)CO)c1Br. The van der Waals surface area contributed by atoms with E-state index >= 15 is 0 Å². The summed E-state index contributed by atoms with van der Waals surface area (Å²) >= 11 is 3.50. The van der Waals surface area contributed by atoms with E-state index in [2.05, 4.69) is 21.0 Å². The van der Waals surface area contributed by atoms with Crippen molar-refractivity contribution in [3.63, 3.8) is 0 Å². The maximum absolute atomic E-state index is 9.03. The number of hydrogen-bond acceptors (Lipinski definition) is 3. The molecule has 0 bridgehead atoms. The molecule has 5 heteroatoms. The molecule has 0 aliphatic carbocycles. The van der Waals surface area contributed by atoms with Crippen LogP contribution in [0.4, 0.5) is 0 Å². The van der Waals surface area contributed by atoms with E-state index in [1.807, 2.05) is 14.0 Å². The van der Waals surface area contributed by atoms with Gasteiger partial charge < -0.3 is 10.2 Å². The number of aromatic nitrogens is 2. The first-order valence-electron chi connectivity index (χ1n) is 5.05. The van der Waals surface area contributed by atoms with Crippen LogP contribution in [0.5, 0.6) is 0 Å². The van der Waals surface area contributed by atoms with Crippen LogP contribution in [0.3, 0.4) is 0 Å². The van der Waals surface area contributed by atoms with Crippen LogP contribution in [0, 0.1) is 5.92 Å². The van der Waals surface area contributed by atoms with Gasteiger partial charge in [0.25, 0.3) is 0 Å². The van der Waals surface area contributed by atoms with E-state index in [1.165, 1.54) is 0 Å². The Morgan fingerprint density at radius 3 is 2.40 bits per heavy atom. The van der Waals surface area contributed by atoms with Crippen LogP contribution < -0.4 is 0 Å². The van der Waals surface area contributed by atoms with Gasteiger partial charge in [-0.05, 0) is 28.8 Å². The van der Waals surface area contributed by atoms with E-state index in [0.29, 0.717) is 6.42 Å². The highest BCUT2D eigenvalue weighted by atomic mass is 79.9. The highest BCUT2D eigenvalue weighted by molar-refractivity contribution is 9.10. The standard InChI is InChI=1S/C10H17BrN2O2/c1-3-8-10(11)9(13(2)12-8)4-7(5-14)6-15/h7,14-15H,3-6H2,1-2H3. The van der Waals surface area contributed by atoms with Crippen LogP contribution in [0.2, 0.25) is 0 Å². The van der Waals surface area contributed by atoms with Crippen molar-refractivity contribution >= 4 is 15.9 Å². The first-order chi connectivity index (χ1) is 7.13. The van der Waals surface area contributed by atoms with Crippen molar-refractivity contribution in [3.8, 4) is 0 Å². The Hall–Kier alpha value is -0.390. The lowest BCUT2D eigenvalue weighted by atomic mass is 10.1. The second kappa shape index (κ2) is 5.63. The smallest absolute Gasteiger partial charge is 0.0766 e. The maximum Gasteiger partial charge on any atom is 0.0766 e. The summed E-state index contributed by atoms with van der Waals surface area (Å²) in [6.45, 7) is 2.04. The highest BCUT2D eigenvalue weighted by Gasteiger charge is 2.16. The van der Waals surface area contributed by atoms with E-state index in [4.69, 9.17) is 10.2 Å². The molecular weight excluding hydrogens is 260 g/mol. The van der Waals surface area contributed by atoms with Gasteiger partial charge in [-0.2, -0.15) is 5.10 Å². The molecule has 0 aliphatic rings. The van der Waals surface area contributed by atoms with Crippen LogP contribution in [-0.4, -0.2) is 33.2 Å². The summed E-state index contributed by atoms with van der Waals surface area (Å²) in [6, 6.07) is 0. The summed E-state index contributed by atoms with van der Waals surface area (Å²) in [6.07, 6.45) is 1.51. The quantitative estimate of drug-likeness (QED) is 0.840. The third kappa shape index (κ3) is 2.80. The summed E-state index contributed by atoms with van der Waals surface area (Å²) < 4.78 is 2.81. The number of nitrogens with zero attached hydrogens (tertiary/aromatic N) is 2. The third-order valence-electron chi connectivity index (χ3n) is 2.50. The van der Waals surface area contributed by atoms with Crippen LogP contribution in [0.25, 0.3) is 0 Å². The number of hydrogen-bond donors (Lipinski definition) is 2. The lowest BCUT2D eigenvalue weighted by molar-refractivity contribution is 0.148. The Kier molecular flexibility index (Phi) is 4.76. The Morgan fingerprint density at radius 1 is 1.40 bits per heavy atom. The van der Waals surface area contributed by atoms with Gasteiger partial charge in [-0.1, -0.05) is 6.92 Å². The largest absolute Gasteiger partial charge is 0.396 e. The van der Waals surface area contributed by atoms with Crippen LogP contribution in [0.1, 0.15) is 18.3 Å². The summed E-state index contributed by atoms with van der Waals surface area (Å²) in [4.78, 5) is 0.